The topological polar surface area (TPSA) is 65.5 Å². The Morgan fingerprint density at radius 1 is 1.04 bits per heavy atom. The summed E-state index contributed by atoms with van der Waals surface area (Å²) in [4.78, 5) is 17.5. The largest absolute Gasteiger partial charge is 0.356 e. The van der Waals surface area contributed by atoms with E-state index in [9.17, 15) is 4.79 Å². The fourth-order valence-corrected chi connectivity index (χ4v) is 3.18. The van der Waals surface area contributed by atoms with Crippen LogP contribution in [0.1, 0.15) is 29.1 Å². The third-order valence-corrected chi connectivity index (χ3v) is 5.08. The molecule has 1 aromatic carbocycles. The summed E-state index contributed by atoms with van der Waals surface area (Å²) in [6.45, 7) is 6.34. The second kappa shape index (κ2) is 11.2. The van der Waals surface area contributed by atoms with Crippen molar-refractivity contribution in [1.82, 2.24) is 16.0 Å². The van der Waals surface area contributed by atoms with Crippen molar-refractivity contribution in [2.75, 3.05) is 26.7 Å². The lowest BCUT2D eigenvalue weighted by Crippen LogP contribution is -2.45. The quantitative estimate of drug-likeness (QED) is 0.244. The minimum Gasteiger partial charge on any atom is -0.356 e. The van der Waals surface area contributed by atoms with Gasteiger partial charge in [-0.2, -0.15) is 0 Å². The summed E-state index contributed by atoms with van der Waals surface area (Å²) in [7, 11) is 1.75. The Morgan fingerprint density at radius 3 is 2.35 bits per heavy atom. The minimum atomic E-state index is -0.0656. The van der Waals surface area contributed by atoms with E-state index in [-0.39, 0.29) is 35.3 Å². The van der Waals surface area contributed by atoms with Gasteiger partial charge in [-0.1, -0.05) is 38.1 Å². The molecule has 0 aliphatic rings. The normalized spacial score (nSPS) is 11.4. The summed E-state index contributed by atoms with van der Waals surface area (Å²) in [6, 6.07) is 13.4. The van der Waals surface area contributed by atoms with Gasteiger partial charge in [-0.3, -0.25) is 9.79 Å². The van der Waals surface area contributed by atoms with Gasteiger partial charge in [-0.25, -0.2) is 0 Å². The predicted octanol–water partition coefficient (Wildman–Crippen LogP) is 3.24. The Balaban J connectivity index is 0.00000338. The van der Waals surface area contributed by atoms with Crippen LogP contribution >= 0.6 is 35.3 Å². The van der Waals surface area contributed by atoms with E-state index in [1.807, 2.05) is 18.2 Å². The van der Waals surface area contributed by atoms with Gasteiger partial charge in [0.2, 0.25) is 0 Å². The zero-order valence-corrected chi connectivity index (χ0v) is 18.6. The zero-order valence-electron chi connectivity index (χ0n) is 15.4. The predicted molar refractivity (Wildman–Crippen MR) is 121 cm³/mol. The highest BCUT2D eigenvalue weighted by Crippen LogP contribution is 2.26. The Morgan fingerprint density at radius 2 is 1.73 bits per heavy atom. The van der Waals surface area contributed by atoms with E-state index >= 15 is 0 Å². The number of guanidine groups is 1. The third kappa shape index (κ3) is 6.95. The minimum absolute atomic E-state index is 0. The molecule has 1 aromatic heterocycles. The van der Waals surface area contributed by atoms with Gasteiger partial charge in [0, 0.05) is 42.5 Å². The number of benzene rings is 1. The van der Waals surface area contributed by atoms with Crippen molar-refractivity contribution in [3.05, 3.63) is 58.3 Å². The molecule has 2 aromatic rings. The van der Waals surface area contributed by atoms with Gasteiger partial charge >= 0.3 is 0 Å². The summed E-state index contributed by atoms with van der Waals surface area (Å²) in [6.07, 6.45) is 0. The molecule has 0 aliphatic carbocycles. The molecule has 3 N–H and O–H groups in total. The number of thiophene rings is 1. The van der Waals surface area contributed by atoms with Gasteiger partial charge in [0.15, 0.2) is 5.96 Å². The SMILES string of the molecule is CN=C(NCCNC(=O)c1ccccc1)NCC(C)(C)c1cccs1.I. The monoisotopic (exact) mass is 486 g/mol. The highest BCUT2D eigenvalue weighted by Gasteiger charge is 2.21. The van der Waals surface area contributed by atoms with Crippen LogP contribution in [-0.4, -0.2) is 38.5 Å². The average Bonchev–Trinajstić information content (AvgIpc) is 3.17. The Labute approximate surface area is 176 Å². The van der Waals surface area contributed by atoms with Gasteiger partial charge < -0.3 is 16.0 Å². The van der Waals surface area contributed by atoms with E-state index in [2.05, 4.69) is 52.3 Å². The number of carbonyl (C=O) groups is 1. The van der Waals surface area contributed by atoms with Gasteiger partial charge in [-0.15, -0.1) is 35.3 Å². The van der Waals surface area contributed by atoms with E-state index in [1.54, 1.807) is 30.5 Å². The summed E-state index contributed by atoms with van der Waals surface area (Å²) in [5.41, 5.74) is 0.704. The van der Waals surface area contributed by atoms with Crippen molar-refractivity contribution >= 4 is 47.2 Å². The summed E-state index contributed by atoms with van der Waals surface area (Å²) < 4.78 is 0. The Bertz CT molecular complexity index is 687. The van der Waals surface area contributed by atoms with Crippen molar-refractivity contribution in [2.24, 2.45) is 4.99 Å². The Kier molecular flexibility index (Phi) is 9.64. The first-order valence-corrected chi connectivity index (χ1v) is 9.22. The number of aliphatic imine (C=N–C) groups is 1. The number of rotatable bonds is 7. The molecule has 5 nitrogen and oxygen atoms in total. The maximum atomic E-state index is 12.0. The van der Waals surface area contributed by atoms with E-state index in [0.717, 1.165) is 12.5 Å². The molecule has 0 radical (unpaired) electrons. The molecule has 0 bridgehead atoms. The second-order valence-corrected chi connectivity index (χ2v) is 7.28. The molecular weight excluding hydrogens is 459 g/mol. The molecule has 1 heterocycles. The molecule has 2 rings (SSSR count). The molecule has 0 atom stereocenters. The average molecular weight is 486 g/mol. The molecule has 7 heteroatoms. The van der Waals surface area contributed by atoms with Crippen LogP contribution in [0.15, 0.2) is 52.8 Å². The van der Waals surface area contributed by atoms with Crippen molar-refractivity contribution < 1.29 is 4.79 Å². The van der Waals surface area contributed by atoms with E-state index in [1.165, 1.54) is 4.88 Å². The van der Waals surface area contributed by atoms with Crippen LogP contribution in [0.3, 0.4) is 0 Å². The van der Waals surface area contributed by atoms with E-state index in [4.69, 9.17) is 0 Å². The standard InChI is InChI=1S/C19H26N4OS.HI/c1-19(2,16-10-7-13-25-16)14-23-18(20-3)22-12-11-21-17(24)15-8-5-4-6-9-15;/h4-10,13H,11-12,14H2,1-3H3,(H,21,24)(H2,20,22,23);1H. The first-order valence-electron chi connectivity index (χ1n) is 8.35. The van der Waals surface area contributed by atoms with Gasteiger partial charge in [-0.05, 0) is 23.6 Å². The first-order chi connectivity index (χ1) is 12.0. The number of hydrogen-bond donors (Lipinski definition) is 3. The lowest BCUT2D eigenvalue weighted by atomic mass is 9.91. The molecule has 142 valence electrons. The molecule has 0 unspecified atom stereocenters. The number of nitrogens with zero attached hydrogens (tertiary/aromatic N) is 1. The van der Waals surface area contributed by atoms with Crippen LogP contribution in [0.5, 0.6) is 0 Å². The van der Waals surface area contributed by atoms with Crippen LogP contribution in [0.4, 0.5) is 0 Å². The van der Waals surface area contributed by atoms with Gasteiger partial charge in [0.25, 0.3) is 5.91 Å². The van der Waals surface area contributed by atoms with Crippen molar-refractivity contribution in [2.45, 2.75) is 19.3 Å². The highest BCUT2D eigenvalue weighted by molar-refractivity contribution is 14.0. The Hall–Kier alpha value is -1.61. The smallest absolute Gasteiger partial charge is 0.251 e. The van der Waals surface area contributed by atoms with Crippen LogP contribution in [0.2, 0.25) is 0 Å². The van der Waals surface area contributed by atoms with Crippen molar-refractivity contribution in [3.63, 3.8) is 0 Å². The molecular formula is C19H27IN4OS. The summed E-state index contributed by atoms with van der Waals surface area (Å²) >= 11 is 1.76. The highest BCUT2D eigenvalue weighted by atomic mass is 127. The number of hydrogen-bond acceptors (Lipinski definition) is 3. The van der Waals surface area contributed by atoms with Crippen LogP contribution in [0.25, 0.3) is 0 Å². The molecule has 26 heavy (non-hydrogen) atoms. The zero-order chi connectivity index (χ0) is 18.1. The molecule has 1 amide bonds. The van der Waals surface area contributed by atoms with Gasteiger partial charge in [0.1, 0.15) is 0 Å². The van der Waals surface area contributed by atoms with E-state index in [0.29, 0.717) is 18.7 Å². The first kappa shape index (κ1) is 22.4. The maximum Gasteiger partial charge on any atom is 0.251 e. The summed E-state index contributed by atoms with van der Waals surface area (Å²) in [5, 5.41) is 11.6. The number of nitrogens with one attached hydrogen (secondary N) is 3. The van der Waals surface area contributed by atoms with Crippen LogP contribution < -0.4 is 16.0 Å². The summed E-state index contributed by atoms with van der Waals surface area (Å²) in [5.74, 6) is 0.669. The van der Waals surface area contributed by atoms with E-state index < -0.39 is 0 Å². The molecule has 0 saturated heterocycles. The van der Waals surface area contributed by atoms with Crippen molar-refractivity contribution in [3.8, 4) is 0 Å². The lowest BCUT2D eigenvalue weighted by molar-refractivity contribution is 0.0954. The van der Waals surface area contributed by atoms with Crippen LogP contribution in [-0.2, 0) is 5.41 Å². The van der Waals surface area contributed by atoms with Crippen LogP contribution in [0, 0.1) is 0 Å². The maximum absolute atomic E-state index is 12.0. The fraction of sp³-hybridized carbons (Fsp3) is 0.368. The third-order valence-electron chi connectivity index (χ3n) is 3.85. The fourth-order valence-electron chi connectivity index (χ4n) is 2.32. The number of halogens is 1. The van der Waals surface area contributed by atoms with Gasteiger partial charge in [0.05, 0.1) is 0 Å². The second-order valence-electron chi connectivity index (χ2n) is 6.34. The molecule has 0 fully saturated rings. The number of carbonyl (C=O) groups excluding carboxylic acids is 1. The number of amides is 1. The van der Waals surface area contributed by atoms with Crippen molar-refractivity contribution in [1.29, 1.82) is 0 Å². The molecule has 0 saturated carbocycles. The lowest BCUT2D eigenvalue weighted by Gasteiger charge is -2.25. The molecule has 0 spiro atoms. The molecule has 0 aliphatic heterocycles.